The number of halogens is 3. The second kappa shape index (κ2) is 13.0. The van der Waals surface area contributed by atoms with Crippen LogP contribution in [0.15, 0.2) is 36.5 Å². The number of esters is 1. The Labute approximate surface area is 288 Å². The van der Waals surface area contributed by atoms with E-state index in [4.69, 9.17) is 39.5 Å². The van der Waals surface area contributed by atoms with E-state index in [0.717, 1.165) is 99.1 Å². The lowest BCUT2D eigenvalue weighted by atomic mass is 9.69. The minimum atomic E-state index is -1.22. The number of hydrogen-bond donors (Lipinski definition) is 1. The molecule has 0 saturated heterocycles. The van der Waals surface area contributed by atoms with Crippen LogP contribution in [0.2, 0.25) is 15.1 Å². The van der Waals surface area contributed by atoms with Gasteiger partial charge < -0.3 is 19.9 Å². The molecule has 0 bridgehead atoms. The zero-order chi connectivity index (χ0) is 32.9. The molecule has 244 valence electrons. The highest BCUT2D eigenvalue weighted by Gasteiger charge is 2.55. The van der Waals surface area contributed by atoms with E-state index in [1.165, 1.54) is 22.5 Å². The summed E-state index contributed by atoms with van der Waals surface area (Å²) in [5.74, 6) is -0.456. The van der Waals surface area contributed by atoms with Crippen molar-refractivity contribution >= 4 is 52.1 Å². The van der Waals surface area contributed by atoms with Crippen molar-refractivity contribution in [1.29, 1.82) is 0 Å². The lowest BCUT2D eigenvalue weighted by Crippen LogP contribution is -2.38. The summed E-state index contributed by atoms with van der Waals surface area (Å²) in [6, 6.07) is 9.23. The number of benzene rings is 3. The molecule has 0 aromatic heterocycles. The third-order valence-corrected chi connectivity index (χ3v) is 11.6. The minimum absolute atomic E-state index is 0.312. The van der Waals surface area contributed by atoms with Crippen molar-refractivity contribution in [2.75, 3.05) is 43.0 Å². The maximum Gasteiger partial charge on any atom is 0.341 e. The number of ether oxygens (including phenoxy) is 1. The SMILES string of the molecule is C=C(CCCN1CCCc2cc3c(cc21)Cc1cc2c(cc1C31OC(=O)c3c(Cl)c(C)c(Cl)c(Cl)c31)CCCN2CC)NC.CC. The highest BCUT2D eigenvalue weighted by molar-refractivity contribution is 6.46. The van der Waals surface area contributed by atoms with Gasteiger partial charge in [0.2, 0.25) is 0 Å². The van der Waals surface area contributed by atoms with Crippen molar-refractivity contribution < 1.29 is 9.53 Å². The number of carbonyl (C=O) groups excluding carboxylic acids is 1. The summed E-state index contributed by atoms with van der Waals surface area (Å²) in [6.45, 7) is 16.1. The fourth-order valence-corrected chi connectivity index (χ4v) is 8.76. The molecular weight excluding hydrogens is 637 g/mol. The maximum atomic E-state index is 13.9. The van der Waals surface area contributed by atoms with Crippen molar-refractivity contribution in [2.45, 2.75) is 78.2 Å². The monoisotopic (exact) mass is 679 g/mol. The zero-order valence-corrected chi connectivity index (χ0v) is 29.9. The second-order valence-electron chi connectivity index (χ2n) is 12.6. The van der Waals surface area contributed by atoms with Gasteiger partial charge in [-0.15, -0.1) is 0 Å². The van der Waals surface area contributed by atoms with Gasteiger partial charge in [-0.05, 0) is 111 Å². The van der Waals surface area contributed by atoms with Crippen LogP contribution >= 0.6 is 34.8 Å². The molecule has 0 fully saturated rings. The van der Waals surface area contributed by atoms with Crippen molar-refractivity contribution in [3.63, 3.8) is 0 Å². The Morgan fingerprint density at radius 1 is 0.913 bits per heavy atom. The molecule has 3 aromatic carbocycles. The Balaban J connectivity index is 0.00000182. The number of aryl methyl sites for hydroxylation is 2. The van der Waals surface area contributed by atoms with E-state index in [2.05, 4.69) is 52.9 Å². The molecule has 1 atom stereocenters. The van der Waals surface area contributed by atoms with Crippen LogP contribution in [0.1, 0.15) is 101 Å². The van der Waals surface area contributed by atoms with Crippen molar-refractivity contribution in [2.24, 2.45) is 0 Å². The van der Waals surface area contributed by atoms with E-state index in [1.54, 1.807) is 6.92 Å². The van der Waals surface area contributed by atoms with E-state index < -0.39 is 11.6 Å². The Morgan fingerprint density at radius 3 is 2.09 bits per heavy atom. The number of hydrogen-bond acceptors (Lipinski definition) is 5. The Hall–Kier alpha value is -2.86. The lowest BCUT2D eigenvalue weighted by molar-refractivity contribution is 0.0240. The number of rotatable bonds is 6. The summed E-state index contributed by atoms with van der Waals surface area (Å²) < 4.78 is 6.64. The third-order valence-electron chi connectivity index (χ3n) is 10.2. The molecule has 1 aliphatic carbocycles. The van der Waals surface area contributed by atoms with Gasteiger partial charge in [-0.2, -0.15) is 0 Å². The quantitative estimate of drug-likeness (QED) is 0.208. The van der Waals surface area contributed by atoms with Crippen LogP contribution in [0.4, 0.5) is 11.4 Å². The predicted molar refractivity (Wildman–Crippen MR) is 193 cm³/mol. The number of fused-ring (bicyclic) bond motifs is 8. The third kappa shape index (κ3) is 5.09. The summed E-state index contributed by atoms with van der Waals surface area (Å²) in [4.78, 5) is 18.8. The van der Waals surface area contributed by atoms with Gasteiger partial charge >= 0.3 is 5.97 Å². The largest absolute Gasteiger partial charge is 0.440 e. The summed E-state index contributed by atoms with van der Waals surface area (Å²) >= 11 is 20.8. The van der Waals surface area contributed by atoms with Gasteiger partial charge in [-0.3, -0.25) is 0 Å². The summed E-state index contributed by atoms with van der Waals surface area (Å²) in [7, 11) is 1.93. The standard InChI is InChI=1S/C36H38Cl3N3O2.C2H6/c1-5-41-12-7-10-22-16-26-24(18-28(22)41)15-25-19-29-23(11-8-14-42(29)13-6-9-20(2)40-4)17-27(25)36(26)31-30(35(43)44-36)32(37)21(3)33(38)34(31)39;1-2/h16-19,40H,2,5-15H2,1,3-4H3;1-2H3. The molecule has 3 aromatic rings. The maximum absolute atomic E-state index is 13.9. The lowest BCUT2D eigenvalue weighted by Gasteiger charge is -2.41. The molecule has 1 N–H and O–H groups in total. The van der Waals surface area contributed by atoms with Gasteiger partial charge in [0.15, 0.2) is 5.60 Å². The molecule has 4 aliphatic rings. The van der Waals surface area contributed by atoms with Gasteiger partial charge in [0.05, 0.1) is 20.6 Å². The van der Waals surface area contributed by atoms with Crippen molar-refractivity contribution in [3.8, 4) is 0 Å². The summed E-state index contributed by atoms with van der Waals surface area (Å²) in [5, 5.41) is 4.18. The highest BCUT2D eigenvalue weighted by atomic mass is 35.5. The number of nitrogens with one attached hydrogen (secondary N) is 1. The van der Waals surface area contributed by atoms with Gasteiger partial charge in [0, 0.05) is 67.0 Å². The van der Waals surface area contributed by atoms with Crippen LogP contribution in [-0.2, 0) is 29.6 Å². The molecule has 3 aliphatic heterocycles. The van der Waals surface area contributed by atoms with E-state index in [9.17, 15) is 4.79 Å². The molecule has 3 heterocycles. The first-order valence-corrected chi connectivity index (χ1v) is 17.9. The summed E-state index contributed by atoms with van der Waals surface area (Å²) in [5.41, 5.74) is 10.7. The molecule has 46 heavy (non-hydrogen) atoms. The topological polar surface area (TPSA) is 44.8 Å². The number of allylic oxidation sites excluding steroid dienone is 1. The first-order chi connectivity index (χ1) is 22.2. The van der Waals surface area contributed by atoms with Crippen molar-refractivity contribution in [3.05, 3.63) is 102 Å². The van der Waals surface area contributed by atoms with E-state index in [0.29, 0.717) is 31.8 Å². The highest BCUT2D eigenvalue weighted by Crippen LogP contribution is 2.58. The van der Waals surface area contributed by atoms with Crippen molar-refractivity contribution in [1.82, 2.24) is 5.32 Å². The Bertz CT molecular complexity index is 1740. The van der Waals surface area contributed by atoms with E-state index in [1.807, 2.05) is 20.9 Å². The molecule has 0 saturated carbocycles. The van der Waals surface area contributed by atoms with Crippen LogP contribution in [-0.4, -0.2) is 39.2 Å². The van der Waals surface area contributed by atoms with Crippen LogP contribution in [0.25, 0.3) is 0 Å². The fourth-order valence-electron chi connectivity index (χ4n) is 7.89. The number of carbonyl (C=O) groups is 1. The average Bonchev–Trinajstić information content (AvgIpc) is 3.38. The Kier molecular flexibility index (Phi) is 9.32. The van der Waals surface area contributed by atoms with Gasteiger partial charge in [-0.1, -0.05) is 55.2 Å². The molecule has 0 radical (unpaired) electrons. The van der Waals surface area contributed by atoms with Crippen LogP contribution in [0.3, 0.4) is 0 Å². The smallest absolute Gasteiger partial charge is 0.341 e. The predicted octanol–water partition coefficient (Wildman–Crippen LogP) is 9.39. The fraction of sp³-hybridized carbons (Fsp3) is 0.447. The molecule has 1 spiro atoms. The first-order valence-electron chi connectivity index (χ1n) is 16.8. The molecule has 5 nitrogen and oxygen atoms in total. The molecule has 7 rings (SSSR count). The van der Waals surface area contributed by atoms with E-state index in [-0.39, 0.29) is 0 Å². The van der Waals surface area contributed by atoms with E-state index >= 15 is 0 Å². The number of anilines is 2. The van der Waals surface area contributed by atoms with Crippen LogP contribution in [0.5, 0.6) is 0 Å². The molecule has 0 amide bonds. The molecular formula is C38H44Cl3N3O2. The van der Waals surface area contributed by atoms with Crippen LogP contribution < -0.4 is 15.1 Å². The van der Waals surface area contributed by atoms with Gasteiger partial charge in [0.25, 0.3) is 0 Å². The minimum Gasteiger partial charge on any atom is -0.440 e. The normalized spacial score (nSPS) is 18.9. The van der Waals surface area contributed by atoms with Crippen LogP contribution in [0, 0.1) is 6.92 Å². The first kappa shape index (κ1) is 33.1. The molecule has 8 heteroatoms. The number of nitrogens with zero attached hydrogens (tertiary/aromatic N) is 2. The average molecular weight is 681 g/mol. The van der Waals surface area contributed by atoms with Gasteiger partial charge in [-0.25, -0.2) is 4.79 Å². The zero-order valence-electron chi connectivity index (χ0n) is 27.6. The second-order valence-corrected chi connectivity index (χ2v) is 13.7. The van der Waals surface area contributed by atoms with Gasteiger partial charge in [0.1, 0.15) is 0 Å². The summed E-state index contributed by atoms with van der Waals surface area (Å²) in [6.07, 6.45) is 6.80. The molecule has 1 unspecified atom stereocenters. The Morgan fingerprint density at radius 2 is 1.50 bits per heavy atom.